The number of nitrogens with zero attached hydrogens (tertiary/aromatic N) is 2. The summed E-state index contributed by atoms with van der Waals surface area (Å²) < 4.78 is 0. The standard InChI is InChI=1S/C17H19N3O2/c1-11-9-10-18-16(19-11)14(12-7-8-12)20-17(22)15(21)13-5-3-2-4-6-13/h2-6,9-10,12,14-15,21H,7-8H2,1H3,(H,20,22)/t14-,15-/m0/s1. The Labute approximate surface area is 129 Å². The third kappa shape index (κ3) is 3.31. The molecule has 1 amide bonds. The van der Waals surface area contributed by atoms with Crippen LogP contribution in [0.15, 0.2) is 42.6 Å². The lowest BCUT2D eigenvalue weighted by molar-refractivity contribution is -0.130. The molecule has 0 spiro atoms. The van der Waals surface area contributed by atoms with Gasteiger partial charge >= 0.3 is 0 Å². The number of aromatic nitrogens is 2. The van der Waals surface area contributed by atoms with Gasteiger partial charge in [-0.25, -0.2) is 9.97 Å². The molecule has 1 saturated carbocycles. The van der Waals surface area contributed by atoms with E-state index in [2.05, 4.69) is 15.3 Å². The van der Waals surface area contributed by atoms with Gasteiger partial charge in [-0.3, -0.25) is 4.79 Å². The van der Waals surface area contributed by atoms with Crippen LogP contribution < -0.4 is 5.32 Å². The van der Waals surface area contributed by atoms with Gasteiger partial charge in [0.25, 0.3) is 5.91 Å². The van der Waals surface area contributed by atoms with Crippen LogP contribution in [0.1, 0.15) is 42.1 Å². The van der Waals surface area contributed by atoms with Gasteiger partial charge in [0.2, 0.25) is 0 Å². The number of aliphatic hydroxyl groups is 1. The molecule has 1 aliphatic rings. The van der Waals surface area contributed by atoms with Crippen molar-refractivity contribution in [1.29, 1.82) is 0 Å². The fraction of sp³-hybridized carbons (Fsp3) is 0.353. The topological polar surface area (TPSA) is 75.1 Å². The normalized spacial score (nSPS) is 16.8. The van der Waals surface area contributed by atoms with E-state index in [4.69, 9.17) is 0 Å². The summed E-state index contributed by atoms with van der Waals surface area (Å²) in [7, 11) is 0. The summed E-state index contributed by atoms with van der Waals surface area (Å²) in [5.41, 5.74) is 1.45. The Bertz CT molecular complexity index is 656. The maximum atomic E-state index is 12.3. The molecule has 2 atom stereocenters. The minimum Gasteiger partial charge on any atom is -0.378 e. The van der Waals surface area contributed by atoms with Gasteiger partial charge in [-0.1, -0.05) is 30.3 Å². The Morgan fingerprint density at radius 3 is 2.64 bits per heavy atom. The zero-order chi connectivity index (χ0) is 15.5. The van der Waals surface area contributed by atoms with Crippen LogP contribution in [0.2, 0.25) is 0 Å². The van der Waals surface area contributed by atoms with Crippen LogP contribution in [0.4, 0.5) is 0 Å². The van der Waals surface area contributed by atoms with Crippen LogP contribution in [0.25, 0.3) is 0 Å². The molecule has 1 heterocycles. The summed E-state index contributed by atoms with van der Waals surface area (Å²) in [4.78, 5) is 21.0. The third-order valence-electron chi connectivity index (χ3n) is 3.85. The van der Waals surface area contributed by atoms with Crippen molar-refractivity contribution in [3.8, 4) is 0 Å². The molecule has 22 heavy (non-hydrogen) atoms. The lowest BCUT2D eigenvalue weighted by Gasteiger charge is -2.19. The maximum absolute atomic E-state index is 12.3. The number of carbonyl (C=O) groups excluding carboxylic acids is 1. The number of amides is 1. The largest absolute Gasteiger partial charge is 0.378 e. The molecule has 5 nitrogen and oxygen atoms in total. The smallest absolute Gasteiger partial charge is 0.254 e. The molecule has 0 saturated heterocycles. The highest BCUT2D eigenvalue weighted by atomic mass is 16.3. The number of nitrogens with one attached hydrogen (secondary N) is 1. The van der Waals surface area contributed by atoms with Crippen LogP contribution in [-0.2, 0) is 4.79 Å². The Balaban J connectivity index is 1.75. The van der Waals surface area contributed by atoms with E-state index in [0.717, 1.165) is 18.5 Å². The monoisotopic (exact) mass is 297 g/mol. The van der Waals surface area contributed by atoms with Crippen LogP contribution in [-0.4, -0.2) is 21.0 Å². The molecule has 2 N–H and O–H groups in total. The fourth-order valence-electron chi connectivity index (χ4n) is 2.46. The first-order chi connectivity index (χ1) is 10.6. The minimum absolute atomic E-state index is 0.231. The van der Waals surface area contributed by atoms with Crippen molar-refractivity contribution in [3.63, 3.8) is 0 Å². The van der Waals surface area contributed by atoms with E-state index in [1.165, 1.54) is 0 Å². The molecule has 0 bridgehead atoms. The maximum Gasteiger partial charge on any atom is 0.254 e. The first kappa shape index (κ1) is 14.7. The predicted molar refractivity (Wildman–Crippen MR) is 81.8 cm³/mol. The van der Waals surface area contributed by atoms with E-state index in [0.29, 0.717) is 17.3 Å². The Morgan fingerprint density at radius 2 is 2.00 bits per heavy atom. The van der Waals surface area contributed by atoms with Gasteiger partial charge in [-0.2, -0.15) is 0 Å². The highest BCUT2D eigenvalue weighted by Gasteiger charge is 2.36. The van der Waals surface area contributed by atoms with Gasteiger partial charge in [-0.15, -0.1) is 0 Å². The second kappa shape index (κ2) is 6.23. The average Bonchev–Trinajstić information content (AvgIpc) is 3.37. The summed E-state index contributed by atoms with van der Waals surface area (Å²) in [6, 6.07) is 10.5. The van der Waals surface area contributed by atoms with Crippen LogP contribution in [0.5, 0.6) is 0 Å². The van der Waals surface area contributed by atoms with Gasteiger partial charge in [0, 0.05) is 11.9 Å². The third-order valence-corrected chi connectivity index (χ3v) is 3.85. The summed E-state index contributed by atoms with van der Waals surface area (Å²) in [6.45, 7) is 1.90. The molecular weight excluding hydrogens is 278 g/mol. The molecule has 1 fully saturated rings. The molecule has 3 rings (SSSR count). The van der Waals surface area contributed by atoms with Crippen molar-refractivity contribution in [1.82, 2.24) is 15.3 Å². The molecule has 0 radical (unpaired) electrons. The van der Waals surface area contributed by atoms with Crippen molar-refractivity contribution < 1.29 is 9.90 Å². The van der Waals surface area contributed by atoms with E-state index in [9.17, 15) is 9.90 Å². The quantitative estimate of drug-likeness (QED) is 0.886. The number of aliphatic hydroxyl groups excluding tert-OH is 1. The van der Waals surface area contributed by atoms with E-state index in [1.807, 2.05) is 19.1 Å². The lowest BCUT2D eigenvalue weighted by Crippen LogP contribution is -2.35. The summed E-state index contributed by atoms with van der Waals surface area (Å²) >= 11 is 0. The highest BCUT2D eigenvalue weighted by molar-refractivity contribution is 5.82. The Kier molecular flexibility index (Phi) is 4.15. The van der Waals surface area contributed by atoms with E-state index in [1.54, 1.807) is 30.5 Å². The molecule has 1 aromatic carbocycles. The van der Waals surface area contributed by atoms with Crippen molar-refractivity contribution in [2.75, 3.05) is 0 Å². The van der Waals surface area contributed by atoms with E-state index in [-0.39, 0.29) is 6.04 Å². The second-order valence-corrected chi connectivity index (χ2v) is 5.69. The van der Waals surface area contributed by atoms with Crippen LogP contribution in [0, 0.1) is 12.8 Å². The van der Waals surface area contributed by atoms with Gasteiger partial charge < -0.3 is 10.4 Å². The van der Waals surface area contributed by atoms with Gasteiger partial charge in [0.05, 0.1) is 6.04 Å². The van der Waals surface area contributed by atoms with E-state index >= 15 is 0 Å². The van der Waals surface area contributed by atoms with Crippen molar-refractivity contribution in [2.24, 2.45) is 5.92 Å². The molecule has 0 aliphatic heterocycles. The fourth-order valence-corrected chi connectivity index (χ4v) is 2.46. The molecule has 5 heteroatoms. The van der Waals surface area contributed by atoms with Gasteiger partial charge in [0.15, 0.2) is 11.9 Å². The van der Waals surface area contributed by atoms with Crippen molar-refractivity contribution >= 4 is 5.91 Å². The zero-order valence-electron chi connectivity index (χ0n) is 12.4. The molecule has 114 valence electrons. The SMILES string of the molecule is Cc1ccnc([C@@H](NC(=O)[C@@H](O)c2ccccc2)C2CC2)n1. The van der Waals surface area contributed by atoms with Crippen molar-refractivity contribution in [3.05, 3.63) is 59.7 Å². The second-order valence-electron chi connectivity index (χ2n) is 5.69. The zero-order valence-corrected chi connectivity index (χ0v) is 12.4. The first-order valence-electron chi connectivity index (χ1n) is 7.48. The van der Waals surface area contributed by atoms with Crippen LogP contribution in [0.3, 0.4) is 0 Å². The first-order valence-corrected chi connectivity index (χ1v) is 7.48. The predicted octanol–water partition coefficient (Wildman–Crippen LogP) is 2.09. The molecular formula is C17H19N3O2. The number of aryl methyl sites for hydroxylation is 1. The summed E-state index contributed by atoms with van der Waals surface area (Å²) in [6.07, 6.45) is 2.62. The number of rotatable bonds is 5. The van der Waals surface area contributed by atoms with Crippen molar-refractivity contribution in [2.45, 2.75) is 31.9 Å². The average molecular weight is 297 g/mol. The lowest BCUT2D eigenvalue weighted by atomic mass is 10.1. The van der Waals surface area contributed by atoms with E-state index < -0.39 is 12.0 Å². The van der Waals surface area contributed by atoms with Gasteiger partial charge in [-0.05, 0) is 37.3 Å². The van der Waals surface area contributed by atoms with Gasteiger partial charge in [0.1, 0.15) is 0 Å². The number of carbonyl (C=O) groups is 1. The highest BCUT2D eigenvalue weighted by Crippen LogP contribution is 2.40. The van der Waals surface area contributed by atoms with Crippen LogP contribution >= 0.6 is 0 Å². The number of benzene rings is 1. The summed E-state index contributed by atoms with van der Waals surface area (Å²) in [5, 5.41) is 13.1. The Hall–Kier alpha value is -2.27. The summed E-state index contributed by atoms with van der Waals surface area (Å²) in [5.74, 6) is 0.568. The Morgan fingerprint density at radius 1 is 1.27 bits per heavy atom. The molecule has 1 aromatic heterocycles. The number of hydrogen-bond donors (Lipinski definition) is 2. The molecule has 0 unspecified atom stereocenters. The molecule has 2 aromatic rings. The number of hydrogen-bond acceptors (Lipinski definition) is 4. The molecule has 1 aliphatic carbocycles. The minimum atomic E-state index is -1.17.